The maximum atomic E-state index is 4.17. The normalized spacial score (nSPS) is 19.7. The molecule has 3 N–H and O–H groups in total. The van der Waals surface area contributed by atoms with Crippen LogP contribution in [0.3, 0.4) is 0 Å². The highest BCUT2D eigenvalue weighted by Gasteiger charge is 2.27. The number of hydrogen-bond donors (Lipinski definition) is 3. The van der Waals surface area contributed by atoms with E-state index in [1.807, 2.05) is 4.68 Å². The first kappa shape index (κ1) is 16.9. The van der Waals surface area contributed by atoms with E-state index in [2.05, 4.69) is 80.8 Å². The SMILES string of the molecule is c1ccc(C2NNCC2CNCc2cccc(Cn3cncn3)c2)cc1. The highest BCUT2D eigenvalue weighted by atomic mass is 15.4. The van der Waals surface area contributed by atoms with Gasteiger partial charge < -0.3 is 5.32 Å². The minimum absolute atomic E-state index is 0.349. The third kappa shape index (κ3) is 4.16. The Hall–Kier alpha value is -2.54. The van der Waals surface area contributed by atoms with E-state index in [-0.39, 0.29) is 0 Å². The fourth-order valence-electron chi connectivity index (χ4n) is 3.48. The molecule has 0 bridgehead atoms. The van der Waals surface area contributed by atoms with Crippen LogP contribution in [0, 0.1) is 5.92 Å². The molecular formula is C20H24N6. The summed E-state index contributed by atoms with van der Waals surface area (Å²) < 4.78 is 1.84. The average molecular weight is 348 g/mol. The lowest BCUT2D eigenvalue weighted by Gasteiger charge is -2.19. The van der Waals surface area contributed by atoms with Crippen molar-refractivity contribution in [3.8, 4) is 0 Å². The van der Waals surface area contributed by atoms with Crippen LogP contribution in [0.15, 0.2) is 67.3 Å². The van der Waals surface area contributed by atoms with E-state index in [4.69, 9.17) is 0 Å². The van der Waals surface area contributed by atoms with Crippen molar-refractivity contribution in [2.45, 2.75) is 19.1 Å². The molecule has 1 saturated heterocycles. The maximum Gasteiger partial charge on any atom is 0.137 e. The van der Waals surface area contributed by atoms with Crippen molar-refractivity contribution < 1.29 is 0 Å². The van der Waals surface area contributed by atoms with Crippen molar-refractivity contribution >= 4 is 0 Å². The molecule has 26 heavy (non-hydrogen) atoms. The van der Waals surface area contributed by atoms with Crippen molar-refractivity contribution in [2.24, 2.45) is 5.92 Å². The lowest BCUT2D eigenvalue weighted by molar-refractivity contribution is 0.441. The maximum absolute atomic E-state index is 4.17. The fraction of sp³-hybridized carbons (Fsp3) is 0.300. The Morgan fingerprint density at radius 3 is 2.81 bits per heavy atom. The molecule has 134 valence electrons. The van der Waals surface area contributed by atoms with Crippen molar-refractivity contribution in [2.75, 3.05) is 13.1 Å². The fourth-order valence-corrected chi connectivity index (χ4v) is 3.48. The quantitative estimate of drug-likeness (QED) is 0.608. The molecule has 0 saturated carbocycles. The largest absolute Gasteiger partial charge is 0.312 e. The number of hydrogen-bond acceptors (Lipinski definition) is 5. The molecule has 0 aliphatic carbocycles. The Balaban J connectivity index is 1.32. The van der Waals surface area contributed by atoms with Crippen LogP contribution in [0.2, 0.25) is 0 Å². The average Bonchev–Trinajstić information content (AvgIpc) is 3.35. The van der Waals surface area contributed by atoms with E-state index in [0.717, 1.165) is 26.2 Å². The van der Waals surface area contributed by atoms with Crippen molar-refractivity contribution in [1.29, 1.82) is 0 Å². The molecule has 2 atom stereocenters. The molecule has 6 nitrogen and oxygen atoms in total. The molecule has 1 aliphatic heterocycles. The van der Waals surface area contributed by atoms with E-state index >= 15 is 0 Å². The van der Waals surface area contributed by atoms with Gasteiger partial charge in [-0.25, -0.2) is 15.1 Å². The first-order valence-corrected chi connectivity index (χ1v) is 9.03. The molecule has 1 aliphatic rings. The van der Waals surface area contributed by atoms with E-state index in [0.29, 0.717) is 12.0 Å². The zero-order chi connectivity index (χ0) is 17.6. The van der Waals surface area contributed by atoms with Gasteiger partial charge >= 0.3 is 0 Å². The Morgan fingerprint density at radius 2 is 1.96 bits per heavy atom. The number of aromatic nitrogens is 3. The number of nitrogens with one attached hydrogen (secondary N) is 3. The summed E-state index contributed by atoms with van der Waals surface area (Å²) >= 11 is 0. The predicted octanol–water partition coefficient (Wildman–Crippen LogP) is 1.88. The van der Waals surface area contributed by atoms with Gasteiger partial charge in [-0.2, -0.15) is 5.10 Å². The minimum atomic E-state index is 0.349. The van der Waals surface area contributed by atoms with Gasteiger partial charge in [-0.1, -0.05) is 54.6 Å². The van der Waals surface area contributed by atoms with Gasteiger partial charge in [-0.3, -0.25) is 5.43 Å². The van der Waals surface area contributed by atoms with Crippen LogP contribution in [0.4, 0.5) is 0 Å². The summed E-state index contributed by atoms with van der Waals surface area (Å²) in [5.74, 6) is 0.524. The van der Waals surface area contributed by atoms with Crippen molar-refractivity contribution in [1.82, 2.24) is 30.9 Å². The van der Waals surface area contributed by atoms with Gasteiger partial charge in [0.1, 0.15) is 12.7 Å². The third-order valence-electron chi connectivity index (χ3n) is 4.79. The topological polar surface area (TPSA) is 66.8 Å². The minimum Gasteiger partial charge on any atom is -0.312 e. The van der Waals surface area contributed by atoms with Crippen LogP contribution in [-0.2, 0) is 13.1 Å². The van der Waals surface area contributed by atoms with Gasteiger partial charge in [-0.15, -0.1) is 0 Å². The van der Waals surface area contributed by atoms with Gasteiger partial charge in [0.25, 0.3) is 0 Å². The Kier molecular flexibility index (Phi) is 5.35. The molecule has 6 heteroatoms. The van der Waals surface area contributed by atoms with E-state index in [1.54, 1.807) is 12.7 Å². The lowest BCUT2D eigenvalue weighted by atomic mass is 9.95. The van der Waals surface area contributed by atoms with Gasteiger partial charge in [-0.05, 0) is 16.7 Å². The van der Waals surface area contributed by atoms with Crippen LogP contribution >= 0.6 is 0 Å². The lowest BCUT2D eigenvalue weighted by Crippen LogP contribution is -2.28. The molecule has 0 spiro atoms. The van der Waals surface area contributed by atoms with Crippen molar-refractivity contribution in [3.05, 3.63) is 83.9 Å². The van der Waals surface area contributed by atoms with E-state index < -0.39 is 0 Å². The Labute approximate surface area is 153 Å². The third-order valence-corrected chi connectivity index (χ3v) is 4.79. The summed E-state index contributed by atoms with van der Waals surface area (Å²) in [5.41, 5.74) is 10.6. The highest BCUT2D eigenvalue weighted by molar-refractivity contribution is 5.24. The second-order valence-corrected chi connectivity index (χ2v) is 6.72. The van der Waals surface area contributed by atoms with E-state index in [1.165, 1.54) is 16.7 Å². The Bertz CT molecular complexity index is 802. The molecule has 2 heterocycles. The summed E-state index contributed by atoms with van der Waals surface area (Å²) in [4.78, 5) is 3.99. The van der Waals surface area contributed by atoms with Crippen LogP contribution in [0.25, 0.3) is 0 Å². The first-order valence-electron chi connectivity index (χ1n) is 9.03. The molecule has 1 fully saturated rings. The van der Waals surface area contributed by atoms with Crippen LogP contribution < -0.4 is 16.2 Å². The molecule has 4 rings (SSSR count). The molecule has 3 aromatic rings. The van der Waals surface area contributed by atoms with E-state index in [9.17, 15) is 0 Å². The summed E-state index contributed by atoms with van der Waals surface area (Å²) in [6.45, 7) is 3.55. The van der Waals surface area contributed by atoms with Crippen molar-refractivity contribution in [3.63, 3.8) is 0 Å². The monoisotopic (exact) mass is 348 g/mol. The number of hydrazine groups is 1. The second kappa shape index (κ2) is 8.23. The highest BCUT2D eigenvalue weighted by Crippen LogP contribution is 2.24. The predicted molar refractivity (Wildman–Crippen MR) is 101 cm³/mol. The molecule has 2 aromatic carbocycles. The zero-order valence-electron chi connectivity index (χ0n) is 14.7. The van der Waals surface area contributed by atoms with Gasteiger partial charge in [0.2, 0.25) is 0 Å². The zero-order valence-corrected chi connectivity index (χ0v) is 14.7. The summed E-state index contributed by atoms with van der Waals surface area (Å²) in [5, 5.41) is 7.78. The standard InChI is InChI=1S/C20H24N6/c1-2-7-18(8-3-1)20-19(12-23-25-20)11-21-10-16-5-4-6-17(9-16)13-26-15-22-14-24-26/h1-9,14-15,19-21,23,25H,10-13H2. The number of rotatable bonds is 7. The summed E-state index contributed by atoms with van der Waals surface area (Å²) in [6.07, 6.45) is 3.31. The van der Waals surface area contributed by atoms with Gasteiger partial charge in [0.05, 0.1) is 12.6 Å². The number of nitrogens with zero attached hydrogens (tertiary/aromatic N) is 3. The van der Waals surface area contributed by atoms with Gasteiger partial charge in [0, 0.05) is 25.6 Å². The smallest absolute Gasteiger partial charge is 0.137 e. The molecule has 2 unspecified atom stereocenters. The van der Waals surface area contributed by atoms with Crippen LogP contribution in [0.1, 0.15) is 22.7 Å². The molecule has 0 radical (unpaired) electrons. The summed E-state index contributed by atoms with van der Waals surface area (Å²) in [6, 6.07) is 19.6. The van der Waals surface area contributed by atoms with Gasteiger partial charge in [0.15, 0.2) is 0 Å². The second-order valence-electron chi connectivity index (χ2n) is 6.72. The molecule has 1 aromatic heterocycles. The first-order chi connectivity index (χ1) is 12.9. The Morgan fingerprint density at radius 1 is 1.08 bits per heavy atom. The molecule has 0 amide bonds. The number of benzene rings is 2. The van der Waals surface area contributed by atoms with Crippen LogP contribution in [0.5, 0.6) is 0 Å². The molecular weight excluding hydrogens is 324 g/mol. The summed E-state index contributed by atoms with van der Waals surface area (Å²) in [7, 11) is 0. The van der Waals surface area contributed by atoms with Crippen LogP contribution in [-0.4, -0.2) is 27.9 Å².